The summed E-state index contributed by atoms with van der Waals surface area (Å²) in [6.07, 6.45) is 0. The van der Waals surface area contributed by atoms with Gasteiger partial charge in [-0.15, -0.1) is 0 Å². The van der Waals surface area contributed by atoms with Crippen LogP contribution in [0.1, 0.15) is 5.56 Å². The van der Waals surface area contributed by atoms with E-state index in [0.717, 1.165) is 17.1 Å². The molecular formula is C31H25N. The lowest BCUT2D eigenvalue weighted by Crippen LogP contribution is -2.10. The highest BCUT2D eigenvalue weighted by molar-refractivity contribution is 5.82. The summed E-state index contributed by atoms with van der Waals surface area (Å²) in [6, 6.07) is 47.3. The number of aryl methyl sites for hydroxylation is 1. The average molecular weight is 412 g/mol. The van der Waals surface area contributed by atoms with Gasteiger partial charge in [-0.1, -0.05) is 103 Å². The fourth-order valence-electron chi connectivity index (χ4n) is 4.05. The Hall–Kier alpha value is -4.10. The Kier molecular flexibility index (Phi) is 5.55. The second-order valence-corrected chi connectivity index (χ2v) is 8.00. The zero-order valence-electron chi connectivity index (χ0n) is 18.1. The van der Waals surface area contributed by atoms with Crippen LogP contribution in [0.4, 0.5) is 17.1 Å². The Morgan fingerprint density at radius 2 is 0.812 bits per heavy atom. The normalized spacial score (nSPS) is 10.7. The van der Waals surface area contributed by atoms with Crippen LogP contribution in [0.15, 0.2) is 133 Å². The van der Waals surface area contributed by atoms with Crippen molar-refractivity contribution in [2.75, 3.05) is 4.90 Å². The first-order valence-corrected chi connectivity index (χ1v) is 11.0. The zero-order chi connectivity index (χ0) is 21.8. The van der Waals surface area contributed by atoms with Gasteiger partial charge in [-0.25, -0.2) is 0 Å². The highest BCUT2D eigenvalue weighted by atomic mass is 15.1. The third kappa shape index (κ3) is 4.19. The third-order valence-corrected chi connectivity index (χ3v) is 5.72. The van der Waals surface area contributed by atoms with Gasteiger partial charge < -0.3 is 4.90 Å². The van der Waals surface area contributed by atoms with Crippen LogP contribution >= 0.6 is 0 Å². The van der Waals surface area contributed by atoms with Gasteiger partial charge >= 0.3 is 0 Å². The number of rotatable bonds is 5. The van der Waals surface area contributed by atoms with E-state index in [9.17, 15) is 0 Å². The van der Waals surface area contributed by atoms with Crippen molar-refractivity contribution < 1.29 is 0 Å². The second-order valence-electron chi connectivity index (χ2n) is 8.00. The molecule has 5 aromatic rings. The van der Waals surface area contributed by atoms with Crippen molar-refractivity contribution in [1.82, 2.24) is 0 Å². The fraction of sp³-hybridized carbons (Fsp3) is 0.0323. The summed E-state index contributed by atoms with van der Waals surface area (Å²) < 4.78 is 0. The van der Waals surface area contributed by atoms with Crippen molar-refractivity contribution in [1.29, 1.82) is 0 Å². The van der Waals surface area contributed by atoms with Crippen LogP contribution in [-0.2, 0) is 0 Å². The van der Waals surface area contributed by atoms with Crippen molar-refractivity contribution >= 4 is 17.1 Å². The van der Waals surface area contributed by atoms with E-state index in [4.69, 9.17) is 0 Å². The summed E-state index contributed by atoms with van der Waals surface area (Å²) in [7, 11) is 0. The molecule has 0 fully saturated rings. The van der Waals surface area contributed by atoms with Gasteiger partial charge in [-0.2, -0.15) is 0 Å². The maximum absolute atomic E-state index is 2.33. The third-order valence-electron chi connectivity index (χ3n) is 5.72. The number of hydrogen-bond acceptors (Lipinski definition) is 1. The Morgan fingerprint density at radius 1 is 0.375 bits per heavy atom. The van der Waals surface area contributed by atoms with Crippen LogP contribution in [0.2, 0.25) is 0 Å². The lowest BCUT2D eigenvalue weighted by molar-refractivity contribution is 1.27. The molecule has 0 spiro atoms. The molecule has 0 unspecified atom stereocenters. The largest absolute Gasteiger partial charge is 0.310 e. The Morgan fingerprint density at radius 3 is 1.28 bits per heavy atom. The number of nitrogens with zero attached hydrogens (tertiary/aromatic N) is 1. The van der Waals surface area contributed by atoms with Crippen LogP contribution < -0.4 is 4.90 Å². The van der Waals surface area contributed by atoms with Crippen LogP contribution in [0.3, 0.4) is 0 Å². The zero-order valence-corrected chi connectivity index (χ0v) is 18.1. The molecule has 0 bridgehead atoms. The summed E-state index contributed by atoms with van der Waals surface area (Å²) in [5.41, 5.74) is 9.53. The summed E-state index contributed by atoms with van der Waals surface area (Å²) in [5.74, 6) is 0. The molecular weight excluding hydrogens is 386 g/mol. The molecule has 32 heavy (non-hydrogen) atoms. The molecule has 5 rings (SSSR count). The molecule has 0 N–H and O–H groups in total. The molecule has 0 radical (unpaired) electrons. The molecule has 0 amide bonds. The summed E-state index contributed by atoms with van der Waals surface area (Å²) in [5, 5.41) is 0. The number of hydrogen-bond donors (Lipinski definition) is 0. The van der Waals surface area contributed by atoms with E-state index in [1.165, 1.54) is 27.8 Å². The van der Waals surface area contributed by atoms with Crippen LogP contribution in [-0.4, -0.2) is 0 Å². The standard InChI is InChI=1S/C31H25N/c1-24-18-20-29(21-19-24)32(30-16-8-14-27(22-30)25-10-4-2-5-11-25)31-17-9-15-28(23-31)26-12-6-3-7-13-26/h2-23H,1H3. The summed E-state index contributed by atoms with van der Waals surface area (Å²) >= 11 is 0. The lowest BCUT2D eigenvalue weighted by Gasteiger charge is -2.26. The molecule has 0 heterocycles. The minimum Gasteiger partial charge on any atom is -0.310 e. The van der Waals surface area contributed by atoms with Crippen molar-refractivity contribution in [2.45, 2.75) is 6.92 Å². The van der Waals surface area contributed by atoms with E-state index in [2.05, 4.69) is 145 Å². The van der Waals surface area contributed by atoms with Gasteiger partial charge in [-0.3, -0.25) is 0 Å². The molecule has 5 aromatic carbocycles. The van der Waals surface area contributed by atoms with E-state index in [0.29, 0.717) is 0 Å². The van der Waals surface area contributed by atoms with Gasteiger partial charge in [0.25, 0.3) is 0 Å². The van der Waals surface area contributed by atoms with Crippen molar-refractivity contribution in [3.63, 3.8) is 0 Å². The van der Waals surface area contributed by atoms with E-state index in [1.807, 2.05) is 0 Å². The SMILES string of the molecule is Cc1ccc(N(c2cccc(-c3ccccc3)c2)c2cccc(-c3ccccc3)c2)cc1. The highest BCUT2D eigenvalue weighted by Gasteiger charge is 2.14. The molecule has 0 aliphatic rings. The quantitative estimate of drug-likeness (QED) is 0.279. The summed E-state index contributed by atoms with van der Waals surface area (Å²) in [4.78, 5) is 2.33. The van der Waals surface area contributed by atoms with Gasteiger partial charge in [0.05, 0.1) is 0 Å². The Balaban J connectivity index is 1.64. The van der Waals surface area contributed by atoms with E-state index < -0.39 is 0 Å². The van der Waals surface area contributed by atoms with E-state index in [-0.39, 0.29) is 0 Å². The van der Waals surface area contributed by atoms with Gasteiger partial charge in [0.2, 0.25) is 0 Å². The minimum atomic E-state index is 1.14. The van der Waals surface area contributed by atoms with Gasteiger partial charge in [0.15, 0.2) is 0 Å². The van der Waals surface area contributed by atoms with Crippen molar-refractivity contribution in [3.05, 3.63) is 139 Å². The Labute approximate surface area is 190 Å². The minimum absolute atomic E-state index is 1.14. The molecule has 0 atom stereocenters. The molecule has 154 valence electrons. The monoisotopic (exact) mass is 411 g/mol. The molecule has 0 saturated carbocycles. The fourth-order valence-corrected chi connectivity index (χ4v) is 4.05. The molecule has 1 heteroatoms. The molecule has 0 aromatic heterocycles. The molecule has 0 saturated heterocycles. The Bertz CT molecular complexity index is 1220. The van der Waals surface area contributed by atoms with Gasteiger partial charge in [0, 0.05) is 17.1 Å². The molecule has 0 aliphatic carbocycles. The van der Waals surface area contributed by atoms with E-state index >= 15 is 0 Å². The molecule has 1 nitrogen and oxygen atoms in total. The predicted molar refractivity (Wildman–Crippen MR) is 137 cm³/mol. The topological polar surface area (TPSA) is 3.24 Å². The maximum atomic E-state index is 2.33. The average Bonchev–Trinajstić information content (AvgIpc) is 2.87. The summed E-state index contributed by atoms with van der Waals surface area (Å²) in [6.45, 7) is 2.13. The number of anilines is 3. The van der Waals surface area contributed by atoms with Gasteiger partial charge in [-0.05, 0) is 65.6 Å². The highest BCUT2D eigenvalue weighted by Crippen LogP contribution is 2.38. The van der Waals surface area contributed by atoms with E-state index in [1.54, 1.807) is 0 Å². The van der Waals surface area contributed by atoms with Crippen molar-refractivity contribution in [3.8, 4) is 22.3 Å². The first kappa shape index (κ1) is 19.8. The molecule has 0 aliphatic heterocycles. The second kappa shape index (κ2) is 8.95. The smallest absolute Gasteiger partial charge is 0.0467 e. The van der Waals surface area contributed by atoms with Crippen LogP contribution in [0.5, 0.6) is 0 Å². The van der Waals surface area contributed by atoms with Crippen molar-refractivity contribution in [2.24, 2.45) is 0 Å². The first-order valence-electron chi connectivity index (χ1n) is 11.0. The van der Waals surface area contributed by atoms with Crippen LogP contribution in [0.25, 0.3) is 22.3 Å². The van der Waals surface area contributed by atoms with Crippen LogP contribution in [0, 0.1) is 6.92 Å². The predicted octanol–water partition coefficient (Wildman–Crippen LogP) is 8.80. The first-order chi connectivity index (χ1) is 15.8. The number of benzene rings is 5. The lowest BCUT2D eigenvalue weighted by atomic mass is 10.0. The maximum Gasteiger partial charge on any atom is 0.0467 e. The van der Waals surface area contributed by atoms with Gasteiger partial charge in [0.1, 0.15) is 0 Å².